The van der Waals surface area contributed by atoms with Crippen LogP contribution in [-0.2, 0) is 4.74 Å². The standard InChI is InChI=1S/C22H22ClN7O3/c1-22(2,3)33-21(31)30-16-9-17(32-4)15(7-13(16)11-27-30)28-19-10-20(26-12-25-19)29-18-8-14(23)5-6-24-18/h5-12H,1-4H3,(H2,24,25,26,28,29). The Balaban J connectivity index is 1.60. The quantitative estimate of drug-likeness (QED) is 0.410. The van der Waals surface area contributed by atoms with Gasteiger partial charge in [0.15, 0.2) is 0 Å². The van der Waals surface area contributed by atoms with Crippen LogP contribution in [0.25, 0.3) is 10.9 Å². The zero-order valence-electron chi connectivity index (χ0n) is 18.5. The van der Waals surface area contributed by atoms with Gasteiger partial charge in [-0.25, -0.2) is 19.7 Å². The lowest BCUT2D eigenvalue weighted by atomic mass is 10.2. The van der Waals surface area contributed by atoms with Crippen molar-refractivity contribution in [1.82, 2.24) is 24.7 Å². The smallest absolute Gasteiger partial charge is 0.435 e. The predicted molar refractivity (Wildman–Crippen MR) is 126 cm³/mol. The number of rotatable bonds is 5. The van der Waals surface area contributed by atoms with Crippen molar-refractivity contribution in [3.8, 4) is 5.75 Å². The third kappa shape index (κ3) is 5.29. The SMILES string of the molecule is COc1cc2c(cnn2C(=O)OC(C)(C)C)cc1Nc1cc(Nc2cc(Cl)ccn2)ncn1. The lowest BCUT2D eigenvalue weighted by molar-refractivity contribution is 0.0522. The highest BCUT2D eigenvalue weighted by Crippen LogP contribution is 2.33. The number of hydrogen-bond donors (Lipinski definition) is 2. The van der Waals surface area contributed by atoms with Gasteiger partial charge >= 0.3 is 6.09 Å². The van der Waals surface area contributed by atoms with Gasteiger partial charge in [-0.05, 0) is 39.0 Å². The fourth-order valence-corrected chi connectivity index (χ4v) is 3.17. The van der Waals surface area contributed by atoms with Gasteiger partial charge in [0, 0.05) is 28.7 Å². The molecule has 11 heteroatoms. The van der Waals surface area contributed by atoms with Crippen molar-refractivity contribution in [2.24, 2.45) is 0 Å². The maximum atomic E-state index is 12.5. The summed E-state index contributed by atoms with van der Waals surface area (Å²) in [6.45, 7) is 5.39. The number of ether oxygens (including phenoxy) is 2. The normalized spacial score (nSPS) is 11.3. The number of aromatic nitrogens is 5. The molecule has 0 fully saturated rings. The van der Waals surface area contributed by atoms with Crippen LogP contribution in [0.1, 0.15) is 20.8 Å². The molecule has 4 aromatic rings. The van der Waals surface area contributed by atoms with E-state index in [-0.39, 0.29) is 0 Å². The molecule has 0 aliphatic heterocycles. The van der Waals surface area contributed by atoms with Crippen molar-refractivity contribution >= 4 is 51.7 Å². The number of anilines is 4. The van der Waals surface area contributed by atoms with E-state index in [1.807, 2.05) is 6.07 Å². The molecule has 170 valence electrons. The fourth-order valence-electron chi connectivity index (χ4n) is 3.01. The number of nitrogens with one attached hydrogen (secondary N) is 2. The van der Waals surface area contributed by atoms with Crippen molar-refractivity contribution in [2.75, 3.05) is 17.7 Å². The van der Waals surface area contributed by atoms with E-state index >= 15 is 0 Å². The Labute approximate surface area is 194 Å². The van der Waals surface area contributed by atoms with E-state index in [0.29, 0.717) is 39.4 Å². The van der Waals surface area contributed by atoms with Crippen molar-refractivity contribution in [1.29, 1.82) is 0 Å². The number of halogens is 1. The molecule has 10 nitrogen and oxygen atoms in total. The first-order chi connectivity index (χ1) is 15.7. The molecule has 0 saturated heterocycles. The molecule has 4 rings (SSSR count). The van der Waals surface area contributed by atoms with E-state index in [4.69, 9.17) is 21.1 Å². The molecule has 3 heterocycles. The summed E-state index contributed by atoms with van der Waals surface area (Å²) in [7, 11) is 1.54. The second-order valence-corrected chi connectivity index (χ2v) is 8.48. The molecule has 0 spiro atoms. The second kappa shape index (κ2) is 8.91. The summed E-state index contributed by atoms with van der Waals surface area (Å²) in [4.78, 5) is 25.2. The number of methoxy groups -OCH3 is 1. The second-order valence-electron chi connectivity index (χ2n) is 8.05. The number of pyridine rings is 1. The molecule has 3 aromatic heterocycles. The first-order valence-corrected chi connectivity index (χ1v) is 10.4. The van der Waals surface area contributed by atoms with Crippen LogP contribution in [-0.4, -0.2) is 43.5 Å². The van der Waals surface area contributed by atoms with Crippen LogP contribution < -0.4 is 15.4 Å². The predicted octanol–water partition coefficient (Wildman–Crippen LogP) is 5.15. The minimum absolute atomic E-state index is 0.498. The van der Waals surface area contributed by atoms with Gasteiger partial charge in [-0.3, -0.25) is 0 Å². The van der Waals surface area contributed by atoms with Gasteiger partial charge in [-0.1, -0.05) is 11.6 Å². The summed E-state index contributed by atoms with van der Waals surface area (Å²) < 4.78 is 12.2. The zero-order valence-corrected chi connectivity index (χ0v) is 19.2. The van der Waals surface area contributed by atoms with Crippen molar-refractivity contribution in [3.05, 3.63) is 54.1 Å². The fraction of sp³-hybridized carbons (Fsp3) is 0.227. The topological polar surface area (TPSA) is 116 Å². The minimum atomic E-state index is -0.639. The largest absolute Gasteiger partial charge is 0.494 e. The number of carbonyl (C=O) groups excluding carboxylic acids is 1. The summed E-state index contributed by atoms with van der Waals surface area (Å²) in [5.74, 6) is 2.10. The molecule has 1 aromatic carbocycles. The Hall–Kier alpha value is -3.92. The van der Waals surface area contributed by atoms with E-state index in [1.165, 1.54) is 18.1 Å². The molecule has 0 radical (unpaired) electrons. The van der Waals surface area contributed by atoms with E-state index in [2.05, 4.69) is 30.7 Å². The first kappa shape index (κ1) is 22.3. The number of benzene rings is 1. The third-order valence-corrected chi connectivity index (χ3v) is 4.60. The van der Waals surface area contributed by atoms with Gasteiger partial charge < -0.3 is 20.1 Å². The lowest BCUT2D eigenvalue weighted by Crippen LogP contribution is -2.27. The van der Waals surface area contributed by atoms with Crippen LogP contribution >= 0.6 is 11.6 Å². The molecule has 0 atom stereocenters. The minimum Gasteiger partial charge on any atom is -0.494 e. The Morgan fingerprint density at radius 2 is 1.76 bits per heavy atom. The third-order valence-electron chi connectivity index (χ3n) is 4.36. The molecule has 0 aliphatic carbocycles. The van der Waals surface area contributed by atoms with Gasteiger partial charge in [0.05, 0.1) is 24.5 Å². The van der Waals surface area contributed by atoms with Crippen LogP contribution in [0.4, 0.5) is 27.9 Å². The summed E-state index contributed by atoms with van der Waals surface area (Å²) in [6.07, 6.45) is 4.03. The highest BCUT2D eigenvalue weighted by molar-refractivity contribution is 6.30. The van der Waals surface area contributed by atoms with Gasteiger partial charge in [0.1, 0.15) is 35.1 Å². The average Bonchev–Trinajstić information content (AvgIpc) is 3.15. The number of hydrogen-bond acceptors (Lipinski definition) is 9. The van der Waals surface area contributed by atoms with E-state index in [9.17, 15) is 4.79 Å². The van der Waals surface area contributed by atoms with Crippen LogP contribution in [0.15, 0.2) is 49.1 Å². The highest BCUT2D eigenvalue weighted by Gasteiger charge is 2.21. The molecule has 2 N–H and O–H groups in total. The summed E-state index contributed by atoms with van der Waals surface area (Å²) in [5, 5.41) is 11.8. The highest BCUT2D eigenvalue weighted by atomic mass is 35.5. The van der Waals surface area contributed by atoms with Crippen LogP contribution in [0.3, 0.4) is 0 Å². The first-order valence-electron chi connectivity index (χ1n) is 9.98. The maximum Gasteiger partial charge on any atom is 0.435 e. The van der Waals surface area contributed by atoms with Crippen molar-refractivity contribution in [2.45, 2.75) is 26.4 Å². The summed E-state index contributed by atoms with van der Waals surface area (Å²) in [5.41, 5.74) is 0.559. The molecule has 0 unspecified atom stereocenters. The van der Waals surface area contributed by atoms with E-state index in [0.717, 1.165) is 5.39 Å². The van der Waals surface area contributed by atoms with Gasteiger partial charge in [-0.2, -0.15) is 9.78 Å². The lowest BCUT2D eigenvalue weighted by Gasteiger charge is -2.19. The van der Waals surface area contributed by atoms with Gasteiger partial charge in [-0.15, -0.1) is 0 Å². The monoisotopic (exact) mass is 467 g/mol. The Morgan fingerprint density at radius 3 is 2.45 bits per heavy atom. The molecule has 33 heavy (non-hydrogen) atoms. The number of nitrogens with zero attached hydrogens (tertiary/aromatic N) is 5. The average molecular weight is 468 g/mol. The molecule has 0 amide bonds. The zero-order chi connectivity index (χ0) is 23.6. The van der Waals surface area contributed by atoms with Crippen molar-refractivity contribution < 1.29 is 14.3 Å². The van der Waals surface area contributed by atoms with Crippen LogP contribution in [0, 0.1) is 0 Å². The number of carbonyl (C=O) groups is 1. The maximum absolute atomic E-state index is 12.5. The van der Waals surface area contributed by atoms with Gasteiger partial charge in [0.25, 0.3) is 0 Å². The van der Waals surface area contributed by atoms with Crippen molar-refractivity contribution in [3.63, 3.8) is 0 Å². The molecular weight excluding hydrogens is 446 g/mol. The molecule has 0 bridgehead atoms. The summed E-state index contributed by atoms with van der Waals surface area (Å²) in [6, 6.07) is 8.63. The Morgan fingerprint density at radius 1 is 1.03 bits per heavy atom. The Bertz CT molecular complexity index is 1320. The molecule has 0 aliphatic rings. The summed E-state index contributed by atoms with van der Waals surface area (Å²) >= 11 is 6.01. The number of fused-ring (bicyclic) bond motifs is 1. The van der Waals surface area contributed by atoms with E-state index in [1.54, 1.807) is 57.4 Å². The molecular formula is C22H22ClN7O3. The van der Waals surface area contributed by atoms with Crippen LogP contribution in [0.2, 0.25) is 5.02 Å². The Kier molecular flexibility index (Phi) is 6.01. The van der Waals surface area contributed by atoms with E-state index < -0.39 is 11.7 Å². The van der Waals surface area contributed by atoms with Crippen LogP contribution in [0.5, 0.6) is 5.75 Å². The van der Waals surface area contributed by atoms with Gasteiger partial charge in [0.2, 0.25) is 0 Å². The molecule has 0 saturated carbocycles.